The van der Waals surface area contributed by atoms with E-state index in [1.54, 1.807) is 0 Å². The van der Waals surface area contributed by atoms with Crippen LogP contribution in [-0.2, 0) is 0 Å². The third kappa shape index (κ3) is 2.82. The Morgan fingerprint density at radius 2 is 1.45 bits per heavy atom. The van der Waals surface area contributed by atoms with Crippen LogP contribution in [-0.4, -0.2) is 10.5 Å². The Morgan fingerprint density at radius 1 is 1.00 bits per heavy atom. The summed E-state index contributed by atoms with van der Waals surface area (Å²) in [6.07, 6.45) is 0. The Hall–Kier alpha value is 0.563. The minimum absolute atomic E-state index is 0.314. The molecule has 0 fully saturated rings. The van der Waals surface area contributed by atoms with Crippen molar-refractivity contribution in [3.05, 3.63) is 30.1 Å². The van der Waals surface area contributed by atoms with Crippen LogP contribution in [0.25, 0.3) is 0 Å². The van der Waals surface area contributed by atoms with Crippen molar-refractivity contribution >= 4 is 44.9 Å². The molecule has 11 heavy (non-hydrogen) atoms. The quantitative estimate of drug-likeness (QED) is 0.691. The maximum atomic E-state index is 12.4. The van der Waals surface area contributed by atoms with E-state index in [1.165, 1.54) is 24.3 Å². The van der Waals surface area contributed by atoms with Crippen LogP contribution in [0.4, 0.5) is 4.39 Å². The van der Waals surface area contributed by atoms with Crippen molar-refractivity contribution in [1.29, 1.82) is 0 Å². The Balaban J connectivity index is 2.99. The van der Waals surface area contributed by atoms with Gasteiger partial charge in [-0.05, 0) is 0 Å². The van der Waals surface area contributed by atoms with E-state index in [-0.39, 0.29) is 5.82 Å². The molecule has 0 radical (unpaired) electrons. The molecule has 1 rings (SSSR count). The van der Waals surface area contributed by atoms with Crippen LogP contribution in [0.3, 0.4) is 0 Å². The Kier molecular flexibility index (Phi) is 3.09. The van der Waals surface area contributed by atoms with Gasteiger partial charge in [0.15, 0.2) is 0 Å². The molecule has 0 amide bonds. The van der Waals surface area contributed by atoms with E-state index in [4.69, 9.17) is 30.0 Å². The zero-order valence-electron chi connectivity index (χ0n) is 5.32. The van der Waals surface area contributed by atoms with Crippen molar-refractivity contribution in [3.63, 3.8) is 0 Å². The van der Waals surface area contributed by atoms with Crippen LogP contribution in [0.1, 0.15) is 0 Å². The van der Waals surface area contributed by atoms with Gasteiger partial charge in [-0.15, -0.1) is 0 Å². The van der Waals surface area contributed by atoms with E-state index in [2.05, 4.69) is 0 Å². The summed E-state index contributed by atoms with van der Waals surface area (Å²) in [6.45, 7) is 0. The molecular formula is C6H4Cl3FGe. The number of hydrogen-bond donors (Lipinski definition) is 0. The number of hydrogen-bond acceptors (Lipinski definition) is 0. The maximum absolute atomic E-state index is 12.4. The Labute approximate surface area is 79.2 Å². The van der Waals surface area contributed by atoms with Crippen LogP contribution in [0, 0.1) is 5.82 Å². The van der Waals surface area contributed by atoms with Crippen LogP contribution in [0.15, 0.2) is 24.3 Å². The fourth-order valence-corrected chi connectivity index (χ4v) is 3.75. The molecule has 0 saturated carbocycles. The molecule has 0 aliphatic heterocycles. The number of benzene rings is 1. The molecule has 0 aliphatic rings. The van der Waals surface area contributed by atoms with Gasteiger partial charge in [-0.2, -0.15) is 0 Å². The molecule has 1 aromatic carbocycles. The molecule has 0 nitrogen and oxygen atoms in total. The SMILES string of the molecule is Fc1cc[c]([Ge]([Cl])([Cl])[Cl])cc1. The minimum atomic E-state index is -3.28. The predicted molar refractivity (Wildman–Crippen MR) is 49.3 cm³/mol. The predicted octanol–water partition coefficient (Wildman–Crippen LogP) is 2.69. The van der Waals surface area contributed by atoms with Gasteiger partial charge in [-0.1, -0.05) is 0 Å². The summed E-state index contributed by atoms with van der Waals surface area (Å²) in [4.78, 5) is 0. The standard InChI is InChI=1S/C6H4Cl3FGe/c7-11(8,9)6-3-1-5(10)2-4-6/h1-4H. The molecule has 0 unspecified atom stereocenters. The zero-order chi connectivity index (χ0) is 8.48. The van der Waals surface area contributed by atoms with Crippen molar-refractivity contribution < 1.29 is 4.39 Å². The molecule has 0 aromatic heterocycles. The molecule has 0 spiro atoms. The van der Waals surface area contributed by atoms with Gasteiger partial charge in [-0.25, -0.2) is 0 Å². The molecular weight excluding hydrogens is 270 g/mol. The molecule has 5 heteroatoms. The third-order valence-corrected chi connectivity index (χ3v) is 6.65. The Morgan fingerprint density at radius 3 is 1.82 bits per heavy atom. The summed E-state index contributed by atoms with van der Waals surface area (Å²) >= 11 is 0. The molecule has 0 heterocycles. The van der Waals surface area contributed by atoms with Gasteiger partial charge >= 0.3 is 79.4 Å². The fraction of sp³-hybridized carbons (Fsp3) is 0. The normalized spacial score (nSPS) is 11.6. The molecule has 0 N–H and O–H groups in total. The summed E-state index contributed by atoms with van der Waals surface area (Å²) in [5.74, 6) is -0.314. The molecule has 0 saturated heterocycles. The topological polar surface area (TPSA) is 0 Å². The van der Waals surface area contributed by atoms with Gasteiger partial charge in [0.05, 0.1) is 0 Å². The van der Waals surface area contributed by atoms with Crippen molar-refractivity contribution in [2.24, 2.45) is 0 Å². The third-order valence-electron chi connectivity index (χ3n) is 1.17. The second kappa shape index (κ2) is 3.52. The van der Waals surface area contributed by atoms with Crippen molar-refractivity contribution in [2.45, 2.75) is 0 Å². The van der Waals surface area contributed by atoms with Crippen LogP contribution >= 0.6 is 30.0 Å². The van der Waals surface area contributed by atoms with E-state index in [0.717, 1.165) is 0 Å². The first-order valence-electron chi connectivity index (χ1n) is 2.83. The average Bonchev–Trinajstić information content (AvgIpc) is 1.86. The first-order chi connectivity index (χ1) is 5.00. The van der Waals surface area contributed by atoms with Crippen molar-refractivity contribution in [3.8, 4) is 0 Å². The van der Waals surface area contributed by atoms with E-state index >= 15 is 0 Å². The number of halogens is 4. The molecule has 0 atom stereocenters. The molecule has 60 valence electrons. The first-order valence-corrected chi connectivity index (χ1v) is 12.1. The van der Waals surface area contributed by atoms with Gasteiger partial charge in [0.25, 0.3) is 0 Å². The van der Waals surface area contributed by atoms with Crippen molar-refractivity contribution in [2.75, 3.05) is 0 Å². The van der Waals surface area contributed by atoms with Crippen molar-refractivity contribution in [1.82, 2.24) is 0 Å². The van der Waals surface area contributed by atoms with Crippen LogP contribution in [0.5, 0.6) is 0 Å². The number of rotatable bonds is 1. The second-order valence-corrected chi connectivity index (χ2v) is 17.2. The van der Waals surface area contributed by atoms with Gasteiger partial charge in [-0.3, -0.25) is 0 Å². The summed E-state index contributed by atoms with van der Waals surface area (Å²) < 4.78 is 13.0. The summed E-state index contributed by atoms with van der Waals surface area (Å²) in [7, 11) is 13.8. The fourth-order valence-electron chi connectivity index (χ4n) is 0.639. The van der Waals surface area contributed by atoms with Gasteiger partial charge < -0.3 is 0 Å². The van der Waals surface area contributed by atoms with Crippen LogP contribution in [0.2, 0.25) is 0 Å². The van der Waals surface area contributed by atoms with Gasteiger partial charge in [0, 0.05) is 0 Å². The monoisotopic (exact) mass is 274 g/mol. The molecule has 1 aromatic rings. The first kappa shape index (κ1) is 9.65. The second-order valence-electron chi connectivity index (χ2n) is 2.00. The molecule has 0 aliphatic carbocycles. The average molecular weight is 274 g/mol. The molecule has 0 bridgehead atoms. The van der Waals surface area contributed by atoms with Gasteiger partial charge in [0.2, 0.25) is 0 Å². The van der Waals surface area contributed by atoms with E-state index in [1.807, 2.05) is 0 Å². The van der Waals surface area contributed by atoms with E-state index in [0.29, 0.717) is 4.40 Å². The van der Waals surface area contributed by atoms with Gasteiger partial charge in [0.1, 0.15) is 0 Å². The van der Waals surface area contributed by atoms with E-state index in [9.17, 15) is 4.39 Å². The van der Waals surface area contributed by atoms with Crippen LogP contribution < -0.4 is 4.40 Å². The van der Waals surface area contributed by atoms with E-state index < -0.39 is 10.5 Å². The zero-order valence-corrected chi connectivity index (χ0v) is 9.69. The summed E-state index contributed by atoms with van der Waals surface area (Å²) in [6, 6.07) is 5.62. The summed E-state index contributed by atoms with van der Waals surface area (Å²) in [5.41, 5.74) is 0. The Bertz CT molecular complexity index is 241. The summed E-state index contributed by atoms with van der Waals surface area (Å²) in [5, 5.41) is 0.